The number of para-hydroxylation sites is 1. The lowest BCUT2D eigenvalue weighted by atomic mass is 10.1. The van der Waals surface area contributed by atoms with E-state index in [0.29, 0.717) is 5.56 Å². The molecule has 7 nitrogen and oxygen atoms in total. The molecular formula is C24H17BrCl2N2O5S. The molecule has 180 valence electrons. The van der Waals surface area contributed by atoms with Crippen LogP contribution in [-0.4, -0.2) is 20.9 Å². The van der Waals surface area contributed by atoms with E-state index in [9.17, 15) is 18.5 Å². The van der Waals surface area contributed by atoms with Crippen molar-refractivity contribution < 1.29 is 22.1 Å². The molecule has 0 bridgehead atoms. The van der Waals surface area contributed by atoms with Crippen LogP contribution in [-0.2, 0) is 14.9 Å². The number of halogens is 3. The highest BCUT2D eigenvalue weighted by Crippen LogP contribution is 2.39. The van der Waals surface area contributed by atoms with Crippen LogP contribution in [0.2, 0.25) is 10.0 Å². The normalized spacial score (nSPS) is 11.5. The van der Waals surface area contributed by atoms with Crippen molar-refractivity contribution in [2.24, 2.45) is 0 Å². The van der Waals surface area contributed by atoms with Gasteiger partial charge in [0.25, 0.3) is 5.91 Å². The third-order valence-corrected chi connectivity index (χ3v) is 6.89. The maximum atomic E-state index is 12.7. The van der Waals surface area contributed by atoms with Gasteiger partial charge in [-0.2, -0.15) is 13.7 Å². The number of anilines is 1. The smallest absolute Gasteiger partial charge is 0.339 e. The fourth-order valence-corrected chi connectivity index (χ4v) is 4.99. The largest absolute Gasteiger partial charge is 0.490 e. The Morgan fingerprint density at radius 1 is 1.11 bits per heavy atom. The number of carbonyl (C=O) groups is 1. The molecule has 0 aromatic heterocycles. The molecule has 0 fully saturated rings. The van der Waals surface area contributed by atoms with Crippen molar-refractivity contribution >= 4 is 66.9 Å². The first-order chi connectivity index (χ1) is 16.7. The van der Waals surface area contributed by atoms with E-state index < -0.39 is 16.0 Å². The molecule has 1 N–H and O–H groups in total. The molecule has 0 spiro atoms. The van der Waals surface area contributed by atoms with Crippen molar-refractivity contribution in [2.45, 2.75) is 11.8 Å². The second-order valence-corrected chi connectivity index (χ2v) is 10.0. The Balaban J connectivity index is 1.96. The second kappa shape index (κ2) is 11.6. The summed E-state index contributed by atoms with van der Waals surface area (Å²) in [5, 5.41) is 12.5. The van der Waals surface area contributed by atoms with Gasteiger partial charge in [0.15, 0.2) is 11.5 Å². The first-order valence-electron chi connectivity index (χ1n) is 9.99. The zero-order valence-electron chi connectivity index (χ0n) is 18.1. The van der Waals surface area contributed by atoms with Crippen LogP contribution in [0.5, 0.6) is 11.5 Å². The van der Waals surface area contributed by atoms with Crippen LogP contribution in [0.15, 0.2) is 75.6 Å². The van der Waals surface area contributed by atoms with E-state index >= 15 is 0 Å². The van der Waals surface area contributed by atoms with Crippen molar-refractivity contribution in [3.63, 3.8) is 0 Å². The number of nitrogens with zero attached hydrogens (tertiary/aromatic N) is 1. The van der Waals surface area contributed by atoms with Gasteiger partial charge >= 0.3 is 10.1 Å². The van der Waals surface area contributed by atoms with Crippen LogP contribution in [0.1, 0.15) is 12.5 Å². The number of hydrogen-bond acceptors (Lipinski definition) is 6. The molecule has 0 unspecified atom stereocenters. The summed E-state index contributed by atoms with van der Waals surface area (Å²) in [6, 6.07) is 17.1. The molecule has 3 aromatic rings. The van der Waals surface area contributed by atoms with Crippen molar-refractivity contribution in [1.29, 1.82) is 5.26 Å². The van der Waals surface area contributed by atoms with Crippen molar-refractivity contribution in [1.82, 2.24) is 0 Å². The molecule has 0 radical (unpaired) electrons. The lowest BCUT2D eigenvalue weighted by Crippen LogP contribution is -2.14. The maximum Gasteiger partial charge on any atom is 0.339 e. The van der Waals surface area contributed by atoms with Gasteiger partial charge in [-0.05, 0) is 70.9 Å². The number of carbonyl (C=O) groups excluding carboxylic acids is 1. The minimum absolute atomic E-state index is 0.0278. The van der Waals surface area contributed by atoms with Gasteiger partial charge in [0.05, 0.1) is 26.8 Å². The highest BCUT2D eigenvalue weighted by molar-refractivity contribution is 9.10. The summed E-state index contributed by atoms with van der Waals surface area (Å²) in [5.41, 5.74) is 0.302. The summed E-state index contributed by atoms with van der Waals surface area (Å²) >= 11 is 15.5. The zero-order valence-corrected chi connectivity index (χ0v) is 22.0. The van der Waals surface area contributed by atoms with E-state index in [-0.39, 0.29) is 48.8 Å². The molecule has 11 heteroatoms. The van der Waals surface area contributed by atoms with E-state index in [1.807, 2.05) is 6.07 Å². The number of rotatable bonds is 8. The van der Waals surface area contributed by atoms with Gasteiger partial charge in [0, 0.05) is 0 Å². The summed E-state index contributed by atoms with van der Waals surface area (Å²) in [6.45, 7) is 1.92. The summed E-state index contributed by atoms with van der Waals surface area (Å²) in [6.07, 6.45) is 1.31. The third kappa shape index (κ3) is 6.55. The van der Waals surface area contributed by atoms with Crippen molar-refractivity contribution in [3.8, 4) is 17.6 Å². The van der Waals surface area contributed by atoms with Gasteiger partial charge in [0.2, 0.25) is 0 Å². The Hall–Kier alpha value is -3.03. The van der Waals surface area contributed by atoms with Gasteiger partial charge in [-0.1, -0.05) is 47.5 Å². The van der Waals surface area contributed by atoms with E-state index in [4.69, 9.17) is 32.1 Å². The second-order valence-electron chi connectivity index (χ2n) is 6.83. The molecule has 0 aliphatic carbocycles. The fraction of sp³-hybridized carbons (Fsp3) is 0.0833. The van der Waals surface area contributed by atoms with Crippen LogP contribution in [0.3, 0.4) is 0 Å². The highest BCUT2D eigenvalue weighted by atomic mass is 79.9. The first kappa shape index (κ1) is 26.6. The van der Waals surface area contributed by atoms with E-state index in [0.717, 1.165) is 0 Å². The fourth-order valence-electron chi connectivity index (χ4n) is 2.87. The predicted molar refractivity (Wildman–Crippen MR) is 138 cm³/mol. The Morgan fingerprint density at radius 3 is 2.37 bits per heavy atom. The zero-order chi connectivity index (χ0) is 25.6. The van der Waals surface area contributed by atoms with Gasteiger partial charge in [-0.15, -0.1) is 0 Å². The molecular weight excluding hydrogens is 579 g/mol. The minimum atomic E-state index is -4.14. The lowest BCUT2D eigenvalue weighted by molar-refractivity contribution is -0.112. The first-order valence-corrected chi connectivity index (χ1v) is 12.9. The van der Waals surface area contributed by atoms with Gasteiger partial charge in [-0.25, -0.2) is 0 Å². The number of benzene rings is 3. The van der Waals surface area contributed by atoms with Gasteiger partial charge in [0.1, 0.15) is 16.5 Å². The Morgan fingerprint density at radius 2 is 1.77 bits per heavy atom. The standard InChI is InChI=1S/C24H17BrCl2N2O5S/c1-2-33-21-13-15(11-16(14-28)24(30)29-22-19(26)9-6-10-20(22)27)12-18(25)23(21)34-35(31,32)17-7-4-3-5-8-17/h3-13H,2H2,1H3,(H,29,30)/b16-11+. The molecule has 0 aliphatic rings. The number of hydrogen-bond donors (Lipinski definition) is 1. The molecule has 3 rings (SSSR count). The van der Waals surface area contributed by atoms with Crippen LogP contribution >= 0.6 is 39.1 Å². The highest BCUT2D eigenvalue weighted by Gasteiger charge is 2.22. The molecule has 0 saturated heterocycles. The average molecular weight is 596 g/mol. The van der Waals surface area contributed by atoms with E-state index in [1.165, 1.54) is 30.3 Å². The topological polar surface area (TPSA) is 105 Å². The third-order valence-electron chi connectivity index (χ3n) is 4.43. The average Bonchev–Trinajstić information content (AvgIpc) is 2.82. The number of nitriles is 1. The summed E-state index contributed by atoms with van der Waals surface area (Å²) in [4.78, 5) is 12.7. The number of nitrogens with one attached hydrogen (secondary N) is 1. The minimum Gasteiger partial charge on any atom is -0.490 e. The Labute approximate surface area is 221 Å². The van der Waals surface area contributed by atoms with Crippen LogP contribution in [0, 0.1) is 11.3 Å². The van der Waals surface area contributed by atoms with Crippen molar-refractivity contribution in [2.75, 3.05) is 11.9 Å². The Kier molecular flexibility index (Phi) is 8.81. The van der Waals surface area contributed by atoms with Crippen LogP contribution < -0.4 is 14.2 Å². The van der Waals surface area contributed by atoms with Crippen molar-refractivity contribution in [3.05, 3.63) is 86.3 Å². The maximum absolute atomic E-state index is 12.7. The van der Waals surface area contributed by atoms with Crippen LogP contribution in [0.4, 0.5) is 5.69 Å². The lowest BCUT2D eigenvalue weighted by Gasteiger charge is -2.14. The molecule has 0 heterocycles. The van der Waals surface area contributed by atoms with E-state index in [2.05, 4.69) is 21.2 Å². The molecule has 35 heavy (non-hydrogen) atoms. The van der Waals surface area contributed by atoms with Gasteiger partial charge in [-0.3, -0.25) is 4.79 Å². The van der Waals surface area contributed by atoms with Crippen LogP contribution in [0.25, 0.3) is 6.08 Å². The molecule has 0 aliphatic heterocycles. The monoisotopic (exact) mass is 594 g/mol. The molecule has 0 saturated carbocycles. The number of amides is 1. The predicted octanol–water partition coefficient (Wildman–Crippen LogP) is 6.47. The molecule has 1 amide bonds. The molecule has 0 atom stereocenters. The van der Waals surface area contributed by atoms with Gasteiger partial charge < -0.3 is 14.2 Å². The molecule has 3 aromatic carbocycles. The summed E-state index contributed by atoms with van der Waals surface area (Å²) in [5.74, 6) is -0.707. The SMILES string of the molecule is CCOc1cc(/C=C(\C#N)C(=O)Nc2c(Cl)cccc2Cl)cc(Br)c1OS(=O)(=O)c1ccccc1. The Bertz CT molecular complexity index is 1420. The summed E-state index contributed by atoms with van der Waals surface area (Å²) < 4.78 is 36.6. The quantitative estimate of drug-likeness (QED) is 0.182. The summed E-state index contributed by atoms with van der Waals surface area (Å²) in [7, 11) is -4.14. The number of ether oxygens (including phenoxy) is 1. The van der Waals surface area contributed by atoms with E-state index in [1.54, 1.807) is 43.3 Å².